The van der Waals surface area contributed by atoms with Gasteiger partial charge in [0, 0.05) is 32.0 Å². The maximum atomic E-state index is 11.9. The molecule has 1 unspecified atom stereocenters. The zero-order valence-electron chi connectivity index (χ0n) is 10.2. The molecule has 1 atom stereocenters. The van der Waals surface area contributed by atoms with Gasteiger partial charge in [0.05, 0.1) is 0 Å². The van der Waals surface area contributed by atoms with E-state index in [1.807, 2.05) is 6.92 Å². The molecular formula is C12H19N3O2. The molecule has 2 heterocycles. The number of nitrogens with zero attached hydrogens (tertiary/aromatic N) is 1. The molecule has 0 saturated carbocycles. The highest BCUT2D eigenvalue weighted by atomic mass is 16.5. The Morgan fingerprint density at radius 3 is 3.24 bits per heavy atom. The molecule has 0 aromatic carbocycles. The molecule has 5 nitrogen and oxygen atoms in total. The average Bonchev–Trinajstić information content (AvgIpc) is 2.96. The molecule has 1 amide bonds. The van der Waals surface area contributed by atoms with Crippen LogP contribution in [0.1, 0.15) is 32.0 Å². The van der Waals surface area contributed by atoms with Crippen molar-refractivity contribution in [2.75, 3.05) is 13.2 Å². The number of carbonyl (C=O) groups is 1. The smallest absolute Gasteiger partial charge is 0.251 e. The Kier molecular flexibility index (Phi) is 3.78. The Hall–Kier alpha value is -1.36. The topological polar surface area (TPSA) is 67.0 Å². The van der Waals surface area contributed by atoms with E-state index in [0.717, 1.165) is 31.5 Å². The lowest BCUT2D eigenvalue weighted by Gasteiger charge is -2.21. The van der Waals surface area contributed by atoms with Crippen LogP contribution in [0.15, 0.2) is 12.4 Å². The highest BCUT2D eigenvalue weighted by Crippen LogP contribution is 2.24. The van der Waals surface area contributed by atoms with Gasteiger partial charge in [-0.15, -0.1) is 0 Å². The maximum absolute atomic E-state index is 11.9. The molecule has 1 fully saturated rings. The minimum Gasteiger partial charge on any atom is -0.365 e. The first-order valence-electron chi connectivity index (χ1n) is 6.11. The average molecular weight is 237 g/mol. The van der Waals surface area contributed by atoms with Crippen molar-refractivity contribution < 1.29 is 9.53 Å². The number of aromatic nitrogens is 2. The molecule has 1 aromatic rings. The molecule has 0 radical (unpaired) electrons. The van der Waals surface area contributed by atoms with Gasteiger partial charge in [0.1, 0.15) is 11.4 Å². The number of aryl methyl sites for hydroxylation is 1. The van der Waals surface area contributed by atoms with Crippen molar-refractivity contribution in [2.45, 2.75) is 38.2 Å². The normalized spacial score (nSPS) is 23.8. The lowest BCUT2D eigenvalue weighted by atomic mass is 10.0. The fraction of sp³-hybridized carbons (Fsp3) is 0.667. The van der Waals surface area contributed by atoms with Crippen molar-refractivity contribution in [1.29, 1.82) is 0 Å². The highest BCUT2D eigenvalue weighted by Gasteiger charge is 2.37. The molecule has 5 heteroatoms. The number of hydrogen-bond acceptors (Lipinski definition) is 3. The van der Waals surface area contributed by atoms with Crippen LogP contribution in [0.25, 0.3) is 0 Å². The fourth-order valence-corrected chi connectivity index (χ4v) is 2.04. The van der Waals surface area contributed by atoms with Crippen molar-refractivity contribution >= 4 is 5.91 Å². The minimum atomic E-state index is -0.606. The summed E-state index contributed by atoms with van der Waals surface area (Å²) in [5.74, 6) is 0.969. The molecular weight excluding hydrogens is 218 g/mol. The monoisotopic (exact) mass is 237 g/mol. The van der Waals surface area contributed by atoms with Gasteiger partial charge in [0.2, 0.25) is 0 Å². The quantitative estimate of drug-likeness (QED) is 0.752. The van der Waals surface area contributed by atoms with Gasteiger partial charge in [-0.05, 0) is 26.2 Å². The Labute approximate surface area is 101 Å². The van der Waals surface area contributed by atoms with Gasteiger partial charge in [-0.3, -0.25) is 4.79 Å². The largest absolute Gasteiger partial charge is 0.365 e. The van der Waals surface area contributed by atoms with Crippen LogP contribution in [-0.4, -0.2) is 34.6 Å². The Balaban J connectivity index is 1.66. The molecule has 0 aliphatic carbocycles. The molecule has 1 aliphatic heterocycles. The maximum Gasteiger partial charge on any atom is 0.251 e. The highest BCUT2D eigenvalue weighted by molar-refractivity contribution is 5.84. The Morgan fingerprint density at radius 2 is 2.59 bits per heavy atom. The molecule has 2 N–H and O–H groups in total. The van der Waals surface area contributed by atoms with Crippen LogP contribution in [-0.2, 0) is 16.0 Å². The summed E-state index contributed by atoms with van der Waals surface area (Å²) in [6, 6.07) is 0. The van der Waals surface area contributed by atoms with Crippen LogP contribution >= 0.6 is 0 Å². The zero-order chi connectivity index (χ0) is 12.1. The number of imidazole rings is 1. The van der Waals surface area contributed by atoms with E-state index in [1.165, 1.54) is 0 Å². The molecule has 1 aromatic heterocycles. The predicted molar refractivity (Wildman–Crippen MR) is 63.5 cm³/mol. The van der Waals surface area contributed by atoms with Crippen LogP contribution in [0.3, 0.4) is 0 Å². The van der Waals surface area contributed by atoms with Crippen LogP contribution in [0.2, 0.25) is 0 Å². The van der Waals surface area contributed by atoms with Crippen LogP contribution in [0.4, 0.5) is 0 Å². The van der Waals surface area contributed by atoms with Gasteiger partial charge in [0.15, 0.2) is 0 Å². The first kappa shape index (κ1) is 12.1. The summed E-state index contributed by atoms with van der Waals surface area (Å²) in [6.07, 6.45) is 7.07. The van der Waals surface area contributed by atoms with Gasteiger partial charge >= 0.3 is 0 Å². The van der Waals surface area contributed by atoms with Gasteiger partial charge in [-0.1, -0.05) is 0 Å². The molecule has 2 rings (SSSR count). The molecule has 0 bridgehead atoms. The van der Waals surface area contributed by atoms with Gasteiger partial charge in [-0.2, -0.15) is 0 Å². The van der Waals surface area contributed by atoms with Crippen LogP contribution in [0, 0.1) is 0 Å². The first-order valence-corrected chi connectivity index (χ1v) is 6.11. The second kappa shape index (κ2) is 5.31. The number of ether oxygens (including phenoxy) is 1. The zero-order valence-corrected chi connectivity index (χ0v) is 10.2. The van der Waals surface area contributed by atoms with Crippen molar-refractivity contribution in [3.05, 3.63) is 18.2 Å². The molecule has 0 spiro atoms. The van der Waals surface area contributed by atoms with E-state index >= 15 is 0 Å². The summed E-state index contributed by atoms with van der Waals surface area (Å²) in [5, 5.41) is 2.92. The van der Waals surface area contributed by atoms with E-state index in [0.29, 0.717) is 13.2 Å². The second-order valence-corrected chi connectivity index (χ2v) is 4.58. The van der Waals surface area contributed by atoms with Gasteiger partial charge < -0.3 is 15.0 Å². The summed E-state index contributed by atoms with van der Waals surface area (Å²) in [7, 11) is 0. The summed E-state index contributed by atoms with van der Waals surface area (Å²) in [4.78, 5) is 19.0. The Bertz CT molecular complexity index is 356. The number of carbonyl (C=O) groups excluding carboxylic acids is 1. The fourth-order valence-electron chi connectivity index (χ4n) is 2.04. The van der Waals surface area contributed by atoms with Crippen LogP contribution in [0.5, 0.6) is 0 Å². The molecule has 1 aliphatic rings. The van der Waals surface area contributed by atoms with Gasteiger partial charge in [0.25, 0.3) is 5.91 Å². The van der Waals surface area contributed by atoms with E-state index in [2.05, 4.69) is 15.3 Å². The standard InChI is InChI=1S/C12H19N3O2/c1-12(5-3-9-17-12)11(16)15-6-2-4-10-13-7-8-14-10/h7-8H,2-6,9H2,1H3,(H,13,14)(H,15,16). The van der Waals surface area contributed by atoms with Crippen molar-refractivity contribution in [3.63, 3.8) is 0 Å². The predicted octanol–water partition coefficient (Wildman–Crippen LogP) is 1.03. The SMILES string of the molecule is CC1(C(=O)NCCCc2ncc[nH]2)CCCO1. The van der Waals surface area contributed by atoms with E-state index in [-0.39, 0.29) is 5.91 Å². The van der Waals surface area contributed by atoms with Crippen molar-refractivity contribution in [2.24, 2.45) is 0 Å². The molecule has 17 heavy (non-hydrogen) atoms. The van der Waals surface area contributed by atoms with Gasteiger partial charge in [-0.25, -0.2) is 4.98 Å². The second-order valence-electron chi connectivity index (χ2n) is 4.58. The minimum absolute atomic E-state index is 0.00875. The molecule has 94 valence electrons. The number of nitrogens with one attached hydrogen (secondary N) is 2. The van der Waals surface area contributed by atoms with Crippen molar-refractivity contribution in [1.82, 2.24) is 15.3 Å². The third-order valence-electron chi connectivity index (χ3n) is 3.13. The third-order valence-corrected chi connectivity index (χ3v) is 3.13. The number of aromatic amines is 1. The third kappa shape index (κ3) is 3.06. The van der Waals surface area contributed by atoms with E-state index in [4.69, 9.17) is 4.74 Å². The summed E-state index contributed by atoms with van der Waals surface area (Å²) in [5.41, 5.74) is -0.606. The van der Waals surface area contributed by atoms with Crippen LogP contribution < -0.4 is 5.32 Å². The summed E-state index contributed by atoms with van der Waals surface area (Å²) < 4.78 is 5.47. The summed E-state index contributed by atoms with van der Waals surface area (Å²) >= 11 is 0. The lowest BCUT2D eigenvalue weighted by Crippen LogP contribution is -2.44. The number of amides is 1. The van der Waals surface area contributed by atoms with E-state index in [1.54, 1.807) is 12.4 Å². The van der Waals surface area contributed by atoms with Crippen molar-refractivity contribution in [3.8, 4) is 0 Å². The summed E-state index contributed by atoms with van der Waals surface area (Å²) in [6.45, 7) is 3.22. The number of rotatable bonds is 5. The number of hydrogen-bond donors (Lipinski definition) is 2. The Morgan fingerprint density at radius 1 is 1.71 bits per heavy atom. The first-order chi connectivity index (χ1) is 8.21. The van der Waals surface area contributed by atoms with E-state index in [9.17, 15) is 4.79 Å². The van der Waals surface area contributed by atoms with E-state index < -0.39 is 5.60 Å². The lowest BCUT2D eigenvalue weighted by molar-refractivity contribution is -0.139. The number of H-pyrrole nitrogens is 1. The molecule has 1 saturated heterocycles.